The van der Waals surface area contributed by atoms with Gasteiger partial charge in [-0.1, -0.05) is 24.3 Å². The average Bonchev–Trinajstić information content (AvgIpc) is 2.89. The van der Waals surface area contributed by atoms with Crippen LogP contribution in [0.25, 0.3) is 10.9 Å². The minimum absolute atomic E-state index is 0.0349. The largest absolute Gasteiger partial charge is 0.417 e. The van der Waals surface area contributed by atoms with Gasteiger partial charge in [0.25, 0.3) is 0 Å². The van der Waals surface area contributed by atoms with Gasteiger partial charge < -0.3 is 10.2 Å². The van der Waals surface area contributed by atoms with Crippen molar-refractivity contribution in [3.05, 3.63) is 65.4 Å². The predicted molar refractivity (Wildman–Crippen MR) is 92.7 cm³/mol. The molecule has 0 bridgehead atoms. The van der Waals surface area contributed by atoms with Gasteiger partial charge >= 0.3 is 0 Å². The lowest BCUT2D eigenvalue weighted by Crippen LogP contribution is -2.14. The Kier molecular flexibility index (Phi) is 4.06. The first-order chi connectivity index (χ1) is 11.1. The van der Waals surface area contributed by atoms with Crippen LogP contribution in [0.5, 0.6) is 0 Å². The van der Waals surface area contributed by atoms with Crippen LogP contribution in [0.1, 0.15) is 16.7 Å². The molecule has 0 aliphatic rings. The number of rotatable bonds is 4. The molecule has 3 aromatic rings. The molecule has 0 aliphatic heterocycles. The van der Waals surface area contributed by atoms with Crippen molar-refractivity contribution in [3.63, 3.8) is 0 Å². The number of nitrogens with zero attached hydrogens (tertiary/aromatic N) is 1. The number of aromatic nitrogens is 1. The van der Waals surface area contributed by atoms with Gasteiger partial charge in [-0.15, -0.1) is 0 Å². The van der Waals surface area contributed by atoms with Crippen LogP contribution in [0.2, 0.25) is 0 Å². The Morgan fingerprint density at radius 3 is 2.65 bits per heavy atom. The molecule has 0 saturated heterocycles. The zero-order chi connectivity index (χ0) is 16.4. The van der Waals surface area contributed by atoms with Crippen LogP contribution >= 0.6 is 0 Å². The summed E-state index contributed by atoms with van der Waals surface area (Å²) in [5, 5.41) is 3.99. The van der Waals surface area contributed by atoms with Gasteiger partial charge in [-0.3, -0.25) is 4.79 Å². The van der Waals surface area contributed by atoms with Crippen molar-refractivity contribution in [3.8, 4) is 0 Å². The van der Waals surface area contributed by atoms with Crippen molar-refractivity contribution in [1.29, 1.82) is 0 Å². The van der Waals surface area contributed by atoms with Gasteiger partial charge in [-0.25, -0.2) is 0 Å². The van der Waals surface area contributed by atoms with Crippen molar-refractivity contribution < 1.29 is 9.63 Å². The summed E-state index contributed by atoms with van der Waals surface area (Å²) in [6.07, 6.45) is 2.18. The predicted octanol–water partition coefficient (Wildman–Crippen LogP) is 3.50. The molecule has 0 fully saturated rings. The number of carbonyl (C=O) groups is 1. The van der Waals surface area contributed by atoms with E-state index in [0.717, 1.165) is 22.2 Å². The molecule has 0 unspecified atom stereocenters. The van der Waals surface area contributed by atoms with Crippen molar-refractivity contribution in [2.75, 3.05) is 12.4 Å². The number of anilines is 1. The Morgan fingerprint density at radius 2 is 1.91 bits per heavy atom. The fourth-order valence-electron chi connectivity index (χ4n) is 2.71. The summed E-state index contributed by atoms with van der Waals surface area (Å²) in [6.45, 7) is 4.09. The van der Waals surface area contributed by atoms with Crippen molar-refractivity contribution in [2.45, 2.75) is 20.3 Å². The van der Waals surface area contributed by atoms with Gasteiger partial charge in [0.15, 0.2) is 0 Å². The highest BCUT2D eigenvalue weighted by Gasteiger charge is 2.12. The lowest BCUT2D eigenvalue weighted by molar-refractivity contribution is -0.115. The molecule has 4 nitrogen and oxygen atoms in total. The second-order valence-electron chi connectivity index (χ2n) is 5.70. The highest BCUT2D eigenvalue weighted by atomic mass is 16.6. The maximum atomic E-state index is 12.4. The topological polar surface area (TPSA) is 43.3 Å². The molecule has 0 atom stereocenters. The Balaban J connectivity index is 1.81. The van der Waals surface area contributed by atoms with Gasteiger partial charge in [0.05, 0.1) is 11.9 Å². The van der Waals surface area contributed by atoms with E-state index in [-0.39, 0.29) is 5.91 Å². The number of aryl methyl sites for hydroxylation is 2. The van der Waals surface area contributed by atoms with E-state index in [1.807, 2.05) is 55.6 Å². The summed E-state index contributed by atoms with van der Waals surface area (Å²) in [4.78, 5) is 17.7. The normalized spacial score (nSPS) is 10.7. The summed E-state index contributed by atoms with van der Waals surface area (Å²) in [5.41, 5.74) is 5.12. The van der Waals surface area contributed by atoms with E-state index in [4.69, 9.17) is 4.84 Å². The molecular formula is C19H20N2O2. The first-order valence-corrected chi connectivity index (χ1v) is 7.59. The molecule has 1 aromatic heterocycles. The molecule has 3 rings (SSSR count). The number of hydrogen-bond donors (Lipinski definition) is 1. The third-order valence-electron chi connectivity index (χ3n) is 4.10. The summed E-state index contributed by atoms with van der Waals surface area (Å²) in [7, 11) is 1.62. The molecule has 0 radical (unpaired) electrons. The van der Waals surface area contributed by atoms with Crippen LogP contribution < -0.4 is 10.2 Å². The molecule has 118 valence electrons. The van der Waals surface area contributed by atoms with Gasteiger partial charge in [0, 0.05) is 17.3 Å². The van der Waals surface area contributed by atoms with E-state index < -0.39 is 0 Å². The second kappa shape index (κ2) is 6.16. The number of para-hydroxylation sites is 1. The lowest BCUT2D eigenvalue weighted by Gasteiger charge is -2.07. The van der Waals surface area contributed by atoms with Gasteiger partial charge in [-0.2, -0.15) is 4.73 Å². The van der Waals surface area contributed by atoms with E-state index in [2.05, 4.69) is 12.2 Å². The molecule has 23 heavy (non-hydrogen) atoms. The van der Waals surface area contributed by atoms with E-state index in [1.54, 1.807) is 11.8 Å². The smallest absolute Gasteiger partial charge is 0.228 e. The first-order valence-electron chi connectivity index (χ1n) is 7.59. The van der Waals surface area contributed by atoms with Crippen LogP contribution in [0.15, 0.2) is 48.7 Å². The number of amides is 1. The molecule has 1 heterocycles. The monoisotopic (exact) mass is 308 g/mol. The van der Waals surface area contributed by atoms with Gasteiger partial charge in [0.1, 0.15) is 7.11 Å². The minimum Gasteiger partial charge on any atom is -0.417 e. The molecule has 0 spiro atoms. The number of nitrogens with one attached hydrogen (secondary N) is 1. The van der Waals surface area contributed by atoms with Crippen LogP contribution in [0.4, 0.5) is 5.69 Å². The maximum absolute atomic E-state index is 12.4. The Labute approximate surface area is 135 Å². The summed E-state index contributed by atoms with van der Waals surface area (Å²) in [5.74, 6) is -0.0349. The third-order valence-corrected chi connectivity index (χ3v) is 4.10. The number of carbonyl (C=O) groups excluding carboxylic acids is 1. The number of fused-ring (bicyclic) bond motifs is 1. The van der Waals surface area contributed by atoms with Crippen LogP contribution in [-0.4, -0.2) is 17.7 Å². The summed E-state index contributed by atoms with van der Waals surface area (Å²) < 4.78 is 1.69. The quantitative estimate of drug-likeness (QED) is 0.801. The fourth-order valence-corrected chi connectivity index (χ4v) is 2.71. The zero-order valence-corrected chi connectivity index (χ0v) is 13.6. The van der Waals surface area contributed by atoms with Crippen molar-refractivity contribution in [1.82, 2.24) is 4.73 Å². The van der Waals surface area contributed by atoms with Crippen LogP contribution in [-0.2, 0) is 11.2 Å². The molecule has 1 N–H and O–H groups in total. The summed E-state index contributed by atoms with van der Waals surface area (Å²) in [6, 6.07) is 13.8. The third kappa shape index (κ3) is 3.06. The van der Waals surface area contributed by atoms with Crippen molar-refractivity contribution in [2.24, 2.45) is 0 Å². The SMILES string of the molecule is COn1cc(CC(=O)Nc2ccc(C)c(C)c2)c2ccccc21. The molecule has 0 aliphatic carbocycles. The zero-order valence-electron chi connectivity index (χ0n) is 13.6. The van der Waals surface area contributed by atoms with E-state index in [9.17, 15) is 4.79 Å². The minimum atomic E-state index is -0.0349. The van der Waals surface area contributed by atoms with E-state index >= 15 is 0 Å². The van der Waals surface area contributed by atoms with E-state index in [0.29, 0.717) is 6.42 Å². The van der Waals surface area contributed by atoms with E-state index in [1.165, 1.54) is 11.1 Å². The highest BCUT2D eigenvalue weighted by Crippen LogP contribution is 2.21. The molecule has 1 amide bonds. The molecular weight excluding hydrogens is 288 g/mol. The Hall–Kier alpha value is -2.75. The van der Waals surface area contributed by atoms with Gasteiger partial charge in [0.2, 0.25) is 5.91 Å². The molecule has 4 heteroatoms. The highest BCUT2D eigenvalue weighted by molar-refractivity contribution is 5.96. The molecule has 2 aromatic carbocycles. The average molecular weight is 308 g/mol. The van der Waals surface area contributed by atoms with Crippen LogP contribution in [0, 0.1) is 13.8 Å². The fraction of sp³-hybridized carbons (Fsp3) is 0.211. The summed E-state index contributed by atoms with van der Waals surface area (Å²) >= 11 is 0. The Bertz CT molecular complexity index is 865. The van der Waals surface area contributed by atoms with Crippen LogP contribution in [0.3, 0.4) is 0 Å². The van der Waals surface area contributed by atoms with Gasteiger partial charge in [-0.05, 0) is 48.7 Å². The second-order valence-corrected chi connectivity index (χ2v) is 5.70. The maximum Gasteiger partial charge on any atom is 0.228 e. The number of benzene rings is 2. The Morgan fingerprint density at radius 1 is 1.13 bits per heavy atom. The molecule has 0 saturated carbocycles. The van der Waals surface area contributed by atoms with Crippen molar-refractivity contribution >= 4 is 22.5 Å². The lowest BCUT2D eigenvalue weighted by atomic mass is 10.1. The first kappa shape index (κ1) is 15.2. The number of hydrogen-bond acceptors (Lipinski definition) is 2. The standard InChI is InChI=1S/C19H20N2O2/c1-13-8-9-16(10-14(13)2)20-19(22)11-15-12-21(23-3)18-7-5-4-6-17(15)18/h4-10,12H,11H2,1-3H3,(H,20,22).